The van der Waals surface area contributed by atoms with Crippen LogP contribution in [0.1, 0.15) is 10.4 Å². The smallest absolute Gasteiger partial charge is 0.452 e. The molecule has 35 heavy (non-hydrogen) atoms. The predicted molar refractivity (Wildman–Crippen MR) is 121 cm³/mol. The molecule has 0 bridgehead atoms. The van der Waals surface area contributed by atoms with Gasteiger partial charge in [0.25, 0.3) is 15.9 Å². The Morgan fingerprint density at radius 1 is 0.943 bits per heavy atom. The first kappa shape index (κ1) is 25.6. The third-order valence-electron chi connectivity index (χ3n) is 4.55. The standard InChI is InChI=1S/C23H19F3N2O6S/c1-28(18-7-3-2-4-8-18)35(31,32)20-9-5-6-16(14-20)22(30)33-15-21(29)27-17-10-12-19(13-11-17)34-23(24,25)26/h2-14H,15H2,1H3,(H,27,29). The number of nitrogens with zero attached hydrogens (tertiary/aromatic N) is 1. The Morgan fingerprint density at radius 3 is 2.23 bits per heavy atom. The first-order chi connectivity index (χ1) is 16.5. The van der Waals surface area contributed by atoms with E-state index in [4.69, 9.17) is 4.74 Å². The molecule has 0 aromatic heterocycles. The summed E-state index contributed by atoms with van der Waals surface area (Å²) < 4.78 is 72.2. The van der Waals surface area contributed by atoms with Crippen molar-refractivity contribution in [3.63, 3.8) is 0 Å². The summed E-state index contributed by atoms with van der Waals surface area (Å²) in [4.78, 5) is 24.2. The SMILES string of the molecule is CN(c1ccccc1)S(=O)(=O)c1cccc(C(=O)OCC(=O)Nc2ccc(OC(F)(F)F)cc2)c1. The summed E-state index contributed by atoms with van der Waals surface area (Å²) in [5.74, 6) is -2.15. The average Bonchev–Trinajstić information content (AvgIpc) is 2.83. The minimum atomic E-state index is -4.84. The van der Waals surface area contributed by atoms with Crippen LogP contribution >= 0.6 is 0 Å². The lowest BCUT2D eigenvalue weighted by Crippen LogP contribution is -2.26. The van der Waals surface area contributed by atoms with E-state index in [-0.39, 0.29) is 16.1 Å². The number of sulfonamides is 1. The molecule has 0 fully saturated rings. The Bertz CT molecular complexity index is 1300. The van der Waals surface area contributed by atoms with Crippen molar-refractivity contribution >= 4 is 33.3 Å². The number of amides is 1. The van der Waals surface area contributed by atoms with Gasteiger partial charge in [0, 0.05) is 12.7 Å². The summed E-state index contributed by atoms with van der Waals surface area (Å²) in [6.07, 6.45) is -4.84. The van der Waals surface area contributed by atoms with Gasteiger partial charge in [0.2, 0.25) is 0 Å². The molecule has 0 aliphatic heterocycles. The molecule has 0 radical (unpaired) electrons. The molecule has 0 unspecified atom stereocenters. The van der Waals surface area contributed by atoms with Crippen LogP contribution in [0.25, 0.3) is 0 Å². The number of rotatable bonds is 8. The van der Waals surface area contributed by atoms with Crippen molar-refractivity contribution in [2.24, 2.45) is 0 Å². The van der Waals surface area contributed by atoms with Gasteiger partial charge in [0.15, 0.2) is 6.61 Å². The zero-order valence-electron chi connectivity index (χ0n) is 18.2. The summed E-state index contributed by atoms with van der Waals surface area (Å²) in [6, 6.07) is 17.9. The number of ether oxygens (including phenoxy) is 2. The summed E-state index contributed by atoms with van der Waals surface area (Å²) >= 11 is 0. The number of esters is 1. The molecule has 8 nitrogen and oxygen atoms in total. The number of hydrogen-bond acceptors (Lipinski definition) is 6. The summed E-state index contributed by atoms with van der Waals surface area (Å²) in [5, 5.41) is 2.35. The van der Waals surface area contributed by atoms with Crippen molar-refractivity contribution in [3.05, 3.63) is 84.4 Å². The van der Waals surface area contributed by atoms with E-state index in [2.05, 4.69) is 10.1 Å². The van der Waals surface area contributed by atoms with Crippen molar-refractivity contribution in [3.8, 4) is 5.75 Å². The number of para-hydroxylation sites is 1. The molecule has 0 spiro atoms. The van der Waals surface area contributed by atoms with Crippen molar-refractivity contribution in [2.75, 3.05) is 23.3 Å². The van der Waals surface area contributed by atoms with E-state index in [1.165, 1.54) is 37.4 Å². The topological polar surface area (TPSA) is 102 Å². The molecule has 184 valence electrons. The molecule has 0 saturated carbocycles. The van der Waals surface area contributed by atoms with Crippen LogP contribution in [0.3, 0.4) is 0 Å². The maximum Gasteiger partial charge on any atom is 0.573 e. The Kier molecular flexibility index (Phi) is 7.65. The van der Waals surface area contributed by atoms with Gasteiger partial charge in [-0.15, -0.1) is 13.2 Å². The monoisotopic (exact) mass is 508 g/mol. The van der Waals surface area contributed by atoms with E-state index in [1.807, 2.05) is 0 Å². The van der Waals surface area contributed by atoms with Crippen molar-refractivity contribution < 1.29 is 40.7 Å². The molecule has 0 atom stereocenters. The fraction of sp³-hybridized carbons (Fsp3) is 0.130. The minimum absolute atomic E-state index is 0.0889. The molecule has 12 heteroatoms. The second-order valence-corrected chi connectivity index (χ2v) is 9.00. The van der Waals surface area contributed by atoms with Crippen LogP contribution < -0.4 is 14.4 Å². The van der Waals surface area contributed by atoms with E-state index >= 15 is 0 Å². The number of benzene rings is 3. The van der Waals surface area contributed by atoms with Crippen molar-refractivity contribution in [2.45, 2.75) is 11.3 Å². The van der Waals surface area contributed by atoms with Crippen LogP contribution in [0.2, 0.25) is 0 Å². The summed E-state index contributed by atoms with van der Waals surface area (Å²) in [6.45, 7) is -0.708. The second-order valence-electron chi connectivity index (χ2n) is 7.03. The highest BCUT2D eigenvalue weighted by atomic mass is 32.2. The van der Waals surface area contributed by atoms with Gasteiger partial charge in [-0.05, 0) is 54.6 Å². The minimum Gasteiger partial charge on any atom is -0.452 e. The highest BCUT2D eigenvalue weighted by Gasteiger charge is 2.31. The molecule has 0 saturated heterocycles. The second kappa shape index (κ2) is 10.5. The van der Waals surface area contributed by atoms with Gasteiger partial charge in [-0.2, -0.15) is 0 Å². The number of carbonyl (C=O) groups is 2. The number of carbonyl (C=O) groups excluding carboxylic acids is 2. The first-order valence-electron chi connectivity index (χ1n) is 9.92. The Hall–Kier alpha value is -4.06. The number of anilines is 2. The Balaban J connectivity index is 1.60. The van der Waals surface area contributed by atoms with Crippen LogP contribution in [0, 0.1) is 0 Å². The van der Waals surface area contributed by atoms with Crippen LogP contribution in [0.4, 0.5) is 24.5 Å². The molecule has 3 rings (SSSR count). The zero-order valence-corrected chi connectivity index (χ0v) is 19.0. The Morgan fingerprint density at radius 2 is 1.60 bits per heavy atom. The van der Waals surface area contributed by atoms with E-state index in [0.29, 0.717) is 5.69 Å². The molecule has 0 aliphatic carbocycles. The van der Waals surface area contributed by atoms with Gasteiger partial charge in [0.05, 0.1) is 16.1 Å². The maximum atomic E-state index is 12.9. The highest BCUT2D eigenvalue weighted by molar-refractivity contribution is 7.92. The molecule has 1 N–H and O–H groups in total. The van der Waals surface area contributed by atoms with Crippen LogP contribution in [0.15, 0.2) is 83.8 Å². The quantitative estimate of drug-likeness (QED) is 0.458. The lowest BCUT2D eigenvalue weighted by molar-refractivity contribution is -0.274. The maximum absolute atomic E-state index is 12.9. The number of nitrogens with one attached hydrogen (secondary N) is 1. The van der Waals surface area contributed by atoms with Gasteiger partial charge in [-0.1, -0.05) is 24.3 Å². The molecular formula is C23H19F3N2O6S. The lowest BCUT2D eigenvalue weighted by Gasteiger charge is -2.19. The van der Waals surface area contributed by atoms with Gasteiger partial charge in [-0.3, -0.25) is 9.10 Å². The predicted octanol–water partition coefficient (Wildman–Crippen LogP) is 4.21. The average molecular weight is 508 g/mol. The number of alkyl halides is 3. The normalized spacial score (nSPS) is 11.4. The molecule has 0 aliphatic rings. The largest absolute Gasteiger partial charge is 0.573 e. The third kappa shape index (κ3) is 6.96. The molecule has 3 aromatic rings. The van der Waals surface area contributed by atoms with Crippen LogP contribution in [0.5, 0.6) is 5.75 Å². The van der Waals surface area contributed by atoms with E-state index < -0.39 is 40.6 Å². The van der Waals surface area contributed by atoms with Gasteiger partial charge in [0.1, 0.15) is 5.75 Å². The number of halogens is 3. The van der Waals surface area contributed by atoms with Crippen molar-refractivity contribution in [1.29, 1.82) is 0 Å². The van der Waals surface area contributed by atoms with Crippen LogP contribution in [-0.4, -0.2) is 40.3 Å². The van der Waals surface area contributed by atoms with E-state index in [0.717, 1.165) is 22.5 Å². The molecule has 1 amide bonds. The van der Waals surface area contributed by atoms with Crippen LogP contribution in [-0.2, 0) is 19.6 Å². The third-order valence-corrected chi connectivity index (χ3v) is 6.34. The molecule has 0 heterocycles. The molecular weight excluding hydrogens is 489 g/mol. The van der Waals surface area contributed by atoms with Gasteiger partial charge < -0.3 is 14.8 Å². The van der Waals surface area contributed by atoms with Gasteiger partial charge >= 0.3 is 12.3 Å². The number of hydrogen-bond donors (Lipinski definition) is 1. The van der Waals surface area contributed by atoms with E-state index in [1.54, 1.807) is 30.3 Å². The van der Waals surface area contributed by atoms with Crippen molar-refractivity contribution in [1.82, 2.24) is 0 Å². The van der Waals surface area contributed by atoms with E-state index in [9.17, 15) is 31.2 Å². The summed E-state index contributed by atoms with van der Waals surface area (Å²) in [5.41, 5.74) is 0.488. The fourth-order valence-electron chi connectivity index (χ4n) is 2.87. The first-order valence-corrected chi connectivity index (χ1v) is 11.4. The Labute approximate surface area is 198 Å². The molecule has 3 aromatic carbocycles. The summed E-state index contributed by atoms with van der Waals surface area (Å²) in [7, 11) is -2.59. The highest BCUT2D eigenvalue weighted by Crippen LogP contribution is 2.24. The van der Waals surface area contributed by atoms with Gasteiger partial charge in [-0.25, -0.2) is 13.2 Å². The fourth-order valence-corrected chi connectivity index (χ4v) is 4.11. The zero-order chi connectivity index (χ0) is 25.6. The lowest BCUT2D eigenvalue weighted by atomic mass is 10.2.